The fraction of sp³-hybridized carbons (Fsp3) is 0.600. The molecule has 2 rings (SSSR count). The Hall–Kier alpha value is -1.46. The van der Waals surface area contributed by atoms with Crippen LogP contribution in [0.3, 0.4) is 0 Å². The minimum atomic E-state index is -0.327. The SMILES string of the molecule is CNC1CCCCC1OCCc1ccccc1[N+](=O)[O-]. The first-order chi connectivity index (χ1) is 9.72. The number of nitrogens with zero attached hydrogens (tertiary/aromatic N) is 1. The molecule has 0 spiro atoms. The first-order valence-corrected chi connectivity index (χ1v) is 7.23. The molecule has 0 bridgehead atoms. The van der Waals surface area contributed by atoms with Crippen molar-refractivity contribution in [2.75, 3.05) is 13.7 Å². The summed E-state index contributed by atoms with van der Waals surface area (Å²) >= 11 is 0. The Morgan fingerprint density at radius 3 is 2.85 bits per heavy atom. The van der Waals surface area contributed by atoms with Crippen molar-refractivity contribution in [3.8, 4) is 0 Å². The summed E-state index contributed by atoms with van der Waals surface area (Å²) in [5.74, 6) is 0. The summed E-state index contributed by atoms with van der Waals surface area (Å²) in [7, 11) is 1.97. The van der Waals surface area contributed by atoms with Crippen LogP contribution in [0, 0.1) is 10.1 Å². The van der Waals surface area contributed by atoms with Gasteiger partial charge in [0.05, 0.1) is 17.6 Å². The number of nitro benzene ring substituents is 1. The summed E-state index contributed by atoms with van der Waals surface area (Å²) < 4.78 is 5.94. The zero-order valence-electron chi connectivity index (χ0n) is 11.9. The summed E-state index contributed by atoms with van der Waals surface area (Å²) in [6.07, 6.45) is 5.49. The van der Waals surface area contributed by atoms with E-state index in [9.17, 15) is 10.1 Å². The molecule has 5 heteroatoms. The van der Waals surface area contributed by atoms with Crippen LogP contribution < -0.4 is 5.32 Å². The Labute approximate surface area is 119 Å². The Kier molecular flexibility index (Phi) is 5.49. The van der Waals surface area contributed by atoms with Gasteiger partial charge in [-0.1, -0.05) is 31.0 Å². The monoisotopic (exact) mass is 278 g/mol. The van der Waals surface area contributed by atoms with Gasteiger partial charge in [0.25, 0.3) is 5.69 Å². The Morgan fingerprint density at radius 2 is 2.10 bits per heavy atom. The minimum absolute atomic E-state index is 0.185. The molecule has 0 aromatic heterocycles. The van der Waals surface area contributed by atoms with Gasteiger partial charge in [0.15, 0.2) is 0 Å². The van der Waals surface area contributed by atoms with Gasteiger partial charge >= 0.3 is 0 Å². The molecule has 2 unspecified atom stereocenters. The van der Waals surface area contributed by atoms with Crippen molar-refractivity contribution in [3.05, 3.63) is 39.9 Å². The highest BCUT2D eigenvalue weighted by molar-refractivity contribution is 5.39. The largest absolute Gasteiger partial charge is 0.376 e. The van der Waals surface area contributed by atoms with Gasteiger partial charge in [-0.05, 0) is 19.9 Å². The lowest BCUT2D eigenvalue weighted by Gasteiger charge is -2.31. The van der Waals surface area contributed by atoms with Crippen molar-refractivity contribution in [2.45, 2.75) is 44.2 Å². The van der Waals surface area contributed by atoms with Gasteiger partial charge in [0.2, 0.25) is 0 Å². The van der Waals surface area contributed by atoms with Gasteiger partial charge in [-0.2, -0.15) is 0 Å². The molecule has 1 aromatic rings. The average Bonchev–Trinajstić information content (AvgIpc) is 2.48. The van der Waals surface area contributed by atoms with Crippen LogP contribution in [0.4, 0.5) is 5.69 Å². The molecule has 5 nitrogen and oxygen atoms in total. The molecular weight excluding hydrogens is 256 g/mol. The van der Waals surface area contributed by atoms with E-state index in [4.69, 9.17) is 4.74 Å². The Morgan fingerprint density at radius 1 is 1.35 bits per heavy atom. The van der Waals surface area contributed by atoms with E-state index in [1.165, 1.54) is 12.8 Å². The van der Waals surface area contributed by atoms with Gasteiger partial charge in [0.1, 0.15) is 0 Å². The molecular formula is C15H22N2O3. The highest BCUT2D eigenvalue weighted by Crippen LogP contribution is 2.22. The second-order valence-corrected chi connectivity index (χ2v) is 5.22. The average molecular weight is 278 g/mol. The first kappa shape index (κ1) is 14.9. The fourth-order valence-corrected chi connectivity index (χ4v) is 2.85. The molecule has 2 atom stereocenters. The summed E-state index contributed by atoms with van der Waals surface area (Å²) in [6, 6.07) is 7.29. The Balaban J connectivity index is 1.88. The van der Waals surface area contributed by atoms with E-state index in [0.717, 1.165) is 18.4 Å². The van der Waals surface area contributed by atoms with Crippen molar-refractivity contribution in [1.29, 1.82) is 0 Å². The van der Waals surface area contributed by atoms with Gasteiger partial charge in [0, 0.05) is 24.1 Å². The maximum atomic E-state index is 10.9. The molecule has 0 heterocycles. The zero-order valence-corrected chi connectivity index (χ0v) is 11.9. The molecule has 1 aromatic carbocycles. The molecule has 1 saturated carbocycles. The minimum Gasteiger partial charge on any atom is -0.376 e. The van der Waals surface area contributed by atoms with Gasteiger partial charge in [-0.15, -0.1) is 0 Å². The second kappa shape index (κ2) is 7.36. The lowest BCUT2D eigenvalue weighted by atomic mass is 9.92. The molecule has 20 heavy (non-hydrogen) atoms. The van der Waals surface area contributed by atoms with Crippen molar-refractivity contribution < 1.29 is 9.66 Å². The number of para-hydroxylation sites is 1. The van der Waals surface area contributed by atoms with Crippen molar-refractivity contribution in [1.82, 2.24) is 5.32 Å². The molecule has 1 fully saturated rings. The van der Waals surface area contributed by atoms with E-state index in [2.05, 4.69) is 5.32 Å². The molecule has 0 saturated heterocycles. The number of nitrogens with one attached hydrogen (secondary N) is 1. The summed E-state index contributed by atoms with van der Waals surface area (Å²) in [5, 5.41) is 14.2. The van der Waals surface area contributed by atoms with Crippen molar-refractivity contribution in [2.24, 2.45) is 0 Å². The molecule has 1 aliphatic rings. The van der Waals surface area contributed by atoms with Crippen LogP contribution in [0.1, 0.15) is 31.2 Å². The van der Waals surface area contributed by atoms with Gasteiger partial charge in [-0.3, -0.25) is 10.1 Å². The third-order valence-corrected chi connectivity index (χ3v) is 3.96. The van der Waals surface area contributed by atoms with Crippen LogP contribution >= 0.6 is 0 Å². The number of nitro groups is 1. The molecule has 0 aliphatic heterocycles. The summed E-state index contributed by atoms with van der Waals surface area (Å²) in [5.41, 5.74) is 0.930. The normalized spacial score (nSPS) is 22.6. The Bertz CT molecular complexity index is 450. The predicted molar refractivity (Wildman–Crippen MR) is 77.9 cm³/mol. The van der Waals surface area contributed by atoms with Crippen LogP contribution in [0.25, 0.3) is 0 Å². The lowest BCUT2D eigenvalue weighted by Crippen LogP contribution is -2.42. The maximum absolute atomic E-state index is 10.9. The summed E-state index contributed by atoms with van der Waals surface area (Å²) in [6.45, 7) is 0.535. The highest BCUT2D eigenvalue weighted by Gasteiger charge is 2.24. The maximum Gasteiger partial charge on any atom is 0.272 e. The van der Waals surface area contributed by atoms with Crippen LogP contribution in [0.5, 0.6) is 0 Å². The quantitative estimate of drug-likeness (QED) is 0.642. The van der Waals surface area contributed by atoms with Crippen molar-refractivity contribution >= 4 is 5.69 Å². The van der Waals surface area contributed by atoms with E-state index in [0.29, 0.717) is 19.1 Å². The van der Waals surface area contributed by atoms with E-state index in [1.54, 1.807) is 18.2 Å². The van der Waals surface area contributed by atoms with Crippen LogP contribution in [0.2, 0.25) is 0 Å². The van der Waals surface area contributed by atoms with Crippen LogP contribution in [-0.2, 0) is 11.2 Å². The van der Waals surface area contributed by atoms with Crippen LogP contribution in [-0.4, -0.2) is 30.7 Å². The van der Waals surface area contributed by atoms with E-state index >= 15 is 0 Å². The number of hydrogen-bond donors (Lipinski definition) is 1. The smallest absolute Gasteiger partial charge is 0.272 e. The topological polar surface area (TPSA) is 64.4 Å². The second-order valence-electron chi connectivity index (χ2n) is 5.22. The molecule has 1 N–H and O–H groups in total. The van der Waals surface area contributed by atoms with Gasteiger partial charge in [-0.25, -0.2) is 0 Å². The first-order valence-electron chi connectivity index (χ1n) is 7.23. The zero-order chi connectivity index (χ0) is 14.4. The third kappa shape index (κ3) is 3.77. The fourth-order valence-electron chi connectivity index (χ4n) is 2.85. The molecule has 0 radical (unpaired) electrons. The number of rotatable bonds is 6. The van der Waals surface area contributed by atoms with E-state index < -0.39 is 0 Å². The predicted octanol–water partition coefficient (Wildman–Crippen LogP) is 2.68. The number of likely N-dealkylation sites (N-methyl/N-ethyl adjacent to an activating group) is 1. The van der Waals surface area contributed by atoms with Crippen molar-refractivity contribution in [3.63, 3.8) is 0 Å². The molecule has 0 amide bonds. The van der Waals surface area contributed by atoms with Gasteiger partial charge < -0.3 is 10.1 Å². The van der Waals surface area contributed by atoms with E-state index in [1.807, 2.05) is 13.1 Å². The van der Waals surface area contributed by atoms with E-state index in [-0.39, 0.29) is 16.7 Å². The molecule has 110 valence electrons. The third-order valence-electron chi connectivity index (χ3n) is 3.96. The molecule has 1 aliphatic carbocycles. The van der Waals surface area contributed by atoms with Crippen LogP contribution in [0.15, 0.2) is 24.3 Å². The number of hydrogen-bond acceptors (Lipinski definition) is 4. The highest BCUT2D eigenvalue weighted by atomic mass is 16.6. The number of ether oxygens (including phenoxy) is 1. The standard InChI is InChI=1S/C15H22N2O3/c1-16-13-7-3-5-9-15(13)20-11-10-12-6-2-4-8-14(12)17(18)19/h2,4,6,8,13,15-16H,3,5,7,9-11H2,1H3. The lowest BCUT2D eigenvalue weighted by molar-refractivity contribution is -0.385. The summed E-state index contributed by atoms with van der Waals surface area (Å²) in [4.78, 5) is 10.6. The number of benzene rings is 1.